The standard InChI is InChI=1S/C16H26BrN3O/c1-5-12-15(17)13(20(6-2)19-12)9-14(21)16(11(3)4)7-8-18-10-16/h11,18H,5-10H2,1-4H3. The van der Waals surface area contributed by atoms with Crippen LogP contribution in [-0.4, -0.2) is 28.7 Å². The number of nitrogens with one attached hydrogen (secondary N) is 1. The van der Waals surface area contributed by atoms with Crippen LogP contribution in [0.25, 0.3) is 0 Å². The van der Waals surface area contributed by atoms with E-state index in [1.54, 1.807) is 0 Å². The maximum atomic E-state index is 13.0. The maximum Gasteiger partial charge on any atom is 0.146 e. The summed E-state index contributed by atoms with van der Waals surface area (Å²) in [5.41, 5.74) is 1.86. The van der Waals surface area contributed by atoms with Crippen molar-refractivity contribution >= 4 is 21.7 Å². The second-order valence-corrected chi connectivity index (χ2v) is 7.01. The normalized spacial score (nSPS) is 22.2. The molecular formula is C16H26BrN3O. The minimum atomic E-state index is -0.214. The molecule has 0 amide bonds. The van der Waals surface area contributed by atoms with Gasteiger partial charge in [0, 0.05) is 18.5 Å². The fourth-order valence-corrected chi connectivity index (χ4v) is 3.98. The van der Waals surface area contributed by atoms with Crippen molar-refractivity contribution in [2.24, 2.45) is 11.3 Å². The number of rotatable bonds is 6. The molecule has 1 fully saturated rings. The number of Topliss-reactive ketones (excluding diaryl/α,β-unsaturated/α-hetero) is 1. The Labute approximate surface area is 135 Å². The number of aromatic nitrogens is 2. The van der Waals surface area contributed by atoms with Gasteiger partial charge in [-0.3, -0.25) is 9.48 Å². The van der Waals surface area contributed by atoms with Crippen LogP contribution in [-0.2, 0) is 24.2 Å². The first-order valence-electron chi connectivity index (χ1n) is 7.94. The predicted molar refractivity (Wildman–Crippen MR) is 88.4 cm³/mol. The Balaban J connectivity index is 2.29. The van der Waals surface area contributed by atoms with Crippen molar-refractivity contribution in [3.05, 3.63) is 15.9 Å². The van der Waals surface area contributed by atoms with E-state index >= 15 is 0 Å². The molecule has 1 aromatic rings. The molecule has 2 heterocycles. The summed E-state index contributed by atoms with van der Waals surface area (Å²) in [4.78, 5) is 13.0. The third-order valence-corrected chi connectivity index (χ3v) is 5.79. The quantitative estimate of drug-likeness (QED) is 0.853. The van der Waals surface area contributed by atoms with E-state index in [-0.39, 0.29) is 5.41 Å². The van der Waals surface area contributed by atoms with Gasteiger partial charge in [0.15, 0.2) is 0 Å². The van der Waals surface area contributed by atoms with E-state index in [4.69, 9.17) is 0 Å². The molecule has 4 nitrogen and oxygen atoms in total. The van der Waals surface area contributed by atoms with E-state index in [1.807, 2.05) is 4.68 Å². The van der Waals surface area contributed by atoms with Gasteiger partial charge in [-0.15, -0.1) is 0 Å². The summed E-state index contributed by atoms with van der Waals surface area (Å²) in [7, 11) is 0. The Morgan fingerprint density at radius 3 is 2.67 bits per heavy atom. The number of nitrogens with zero attached hydrogens (tertiary/aromatic N) is 2. The lowest BCUT2D eigenvalue weighted by atomic mass is 9.72. The monoisotopic (exact) mass is 355 g/mol. The topological polar surface area (TPSA) is 46.9 Å². The lowest BCUT2D eigenvalue weighted by Crippen LogP contribution is -2.39. The zero-order valence-electron chi connectivity index (χ0n) is 13.5. The summed E-state index contributed by atoms with van der Waals surface area (Å²) in [5.74, 6) is 0.711. The van der Waals surface area contributed by atoms with E-state index in [0.717, 1.165) is 48.3 Å². The highest BCUT2D eigenvalue weighted by Crippen LogP contribution is 2.37. The largest absolute Gasteiger partial charge is 0.316 e. The van der Waals surface area contributed by atoms with Crippen LogP contribution in [0.4, 0.5) is 0 Å². The first-order chi connectivity index (χ1) is 9.96. The minimum Gasteiger partial charge on any atom is -0.316 e. The highest BCUT2D eigenvalue weighted by atomic mass is 79.9. The van der Waals surface area contributed by atoms with E-state index in [1.165, 1.54) is 0 Å². The van der Waals surface area contributed by atoms with E-state index in [9.17, 15) is 4.79 Å². The average Bonchev–Trinajstić information content (AvgIpc) is 3.06. The van der Waals surface area contributed by atoms with Gasteiger partial charge in [0.1, 0.15) is 5.78 Å². The van der Waals surface area contributed by atoms with E-state index in [2.05, 4.69) is 54.0 Å². The Kier molecular flexibility index (Phi) is 5.25. The Morgan fingerprint density at radius 1 is 1.48 bits per heavy atom. The number of ketones is 1. The highest BCUT2D eigenvalue weighted by Gasteiger charge is 2.43. The van der Waals surface area contributed by atoms with Gasteiger partial charge in [-0.05, 0) is 48.2 Å². The van der Waals surface area contributed by atoms with Crippen molar-refractivity contribution in [2.75, 3.05) is 13.1 Å². The second-order valence-electron chi connectivity index (χ2n) is 6.21. The van der Waals surface area contributed by atoms with Crippen molar-refractivity contribution < 1.29 is 4.79 Å². The Morgan fingerprint density at radius 2 is 2.19 bits per heavy atom. The lowest BCUT2D eigenvalue weighted by Gasteiger charge is -2.31. The van der Waals surface area contributed by atoms with Crippen molar-refractivity contribution in [1.29, 1.82) is 0 Å². The van der Waals surface area contributed by atoms with Crippen molar-refractivity contribution in [3.63, 3.8) is 0 Å². The lowest BCUT2D eigenvalue weighted by molar-refractivity contribution is -0.129. The highest BCUT2D eigenvalue weighted by molar-refractivity contribution is 9.10. The molecule has 1 atom stereocenters. The van der Waals surface area contributed by atoms with Gasteiger partial charge in [0.2, 0.25) is 0 Å². The van der Waals surface area contributed by atoms with Gasteiger partial charge in [0.05, 0.1) is 22.3 Å². The van der Waals surface area contributed by atoms with Crippen LogP contribution in [0.2, 0.25) is 0 Å². The SMILES string of the molecule is CCc1nn(CC)c(CC(=O)C2(C(C)C)CCNC2)c1Br. The van der Waals surface area contributed by atoms with Gasteiger partial charge in [0.25, 0.3) is 0 Å². The summed E-state index contributed by atoms with van der Waals surface area (Å²) in [6.07, 6.45) is 2.30. The van der Waals surface area contributed by atoms with Crippen LogP contribution in [0.15, 0.2) is 4.47 Å². The summed E-state index contributed by atoms with van der Waals surface area (Å²) < 4.78 is 2.99. The predicted octanol–water partition coefficient (Wildman–Crippen LogP) is 2.98. The molecule has 0 radical (unpaired) electrons. The first-order valence-corrected chi connectivity index (χ1v) is 8.73. The van der Waals surface area contributed by atoms with Crippen LogP contribution in [0.1, 0.15) is 45.5 Å². The zero-order chi connectivity index (χ0) is 15.6. The molecule has 0 aromatic carbocycles. The molecule has 1 aromatic heterocycles. The molecule has 0 bridgehead atoms. The van der Waals surface area contributed by atoms with Gasteiger partial charge in [-0.2, -0.15) is 5.10 Å². The van der Waals surface area contributed by atoms with Crippen LogP contribution < -0.4 is 5.32 Å². The number of carbonyl (C=O) groups is 1. The number of aryl methyl sites for hydroxylation is 2. The third-order valence-electron chi connectivity index (χ3n) is 4.87. The number of halogens is 1. The average molecular weight is 356 g/mol. The first kappa shape index (κ1) is 16.7. The summed E-state index contributed by atoms with van der Waals surface area (Å²) >= 11 is 3.64. The minimum absolute atomic E-state index is 0.214. The van der Waals surface area contributed by atoms with Crippen molar-refractivity contribution in [1.82, 2.24) is 15.1 Å². The van der Waals surface area contributed by atoms with E-state index < -0.39 is 0 Å². The smallest absolute Gasteiger partial charge is 0.146 e. The molecule has 1 aliphatic rings. The molecule has 1 saturated heterocycles. The van der Waals surface area contributed by atoms with Crippen LogP contribution in [0.3, 0.4) is 0 Å². The van der Waals surface area contributed by atoms with Crippen LogP contribution in [0, 0.1) is 11.3 Å². The molecule has 0 saturated carbocycles. The molecular weight excluding hydrogens is 330 g/mol. The molecule has 0 aliphatic carbocycles. The van der Waals surface area contributed by atoms with Gasteiger partial charge >= 0.3 is 0 Å². The molecule has 118 valence electrons. The third kappa shape index (κ3) is 2.95. The molecule has 5 heteroatoms. The molecule has 21 heavy (non-hydrogen) atoms. The van der Waals surface area contributed by atoms with Gasteiger partial charge in [-0.25, -0.2) is 0 Å². The maximum absolute atomic E-state index is 13.0. The van der Waals surface area contributed by atoms with Gasteiger partial charge in [-0.1, -0.05) is 20.8 Å². The second kappa shape index (κ2) is 6.61. The van der Waals surface area contributed by atoms with Crippen molar-refractivity contribution in [2.45, 2.75) is 53.5 Å². The zero-order valence-corrected chi connectivity index (χ0v) is 15.1. The number of carbonyl (C=O) groups excluding carboxylic acids is 1. The van der Waals surface area contributed by atoms with Crippen molar-refractivity contribution in [3.8, 4) is 0 Å². The molecule has 1 aliphatic heterocycles. The fraction of sp³-hybridized carbons (Fsp3) is 0.750. The molecule has 1 unspecified atom stereocenters. The van der Waals surface area contributed by atoms with Crippen LogP contribution >= 0.6 is 15.9 Å². The molecule has 1 N–H and O–H groups in total. The summed E-state index contributed by atoms with van der Waals surface area (Å²) in [6, 6.07) is 0. The number of hydrogen-bond donors (Lipinski definition) is 1. The Bertz CT molecular complexity index is 516. The molecule has 0 spiro atoms. The molecule has 2 rings (SSSR count). The van der Waals surface area contributed by atoms with Crippen LogP contribution in [0.5, 0.6) is 0 Å². The van der Waals surface area contributed by atoms with E-state index in [0.29, 0.717) is 18.1 Å². The summed E-state index contributed by atoms with van der Waals surface area (Å²) in [5, 5.41) is 7.96. The summed E-state index contributed by atoms with van der Waals surface area (Å²) in [6.45, 7) is 11.0. The fourth-order valence-electron chi connectivity index (χ4n) is 3.28. The van der Waals surface area contributed by atoms with Gasteiger partial charge < -0.3 is 5.32 Å². The Hall–Kier alpha value is -0.680. The number of hydrogen-bond acceptors (Lipinski definition) is 3.